The number of benzene rings is 1. The molecular weight excluding hydrogens is 372 g/mol. The zero-order chi connectivity index (χ0) is 19.5. The van der Waals surface area contributed by atoms with Crippen LogP contribution in [0.4, 0.5) is 9.93 Å². The number of carbonyl (C=O) groups is 1. The Kier molecular flexibility index (Phi) is 4.94. The summed E-state index contributed by atoms with van der Waals surface area (Å²) in [5.74, 6) is 0.719. The van der Waals surface area contributed by atoms with Gasteiger partial charge in [0, 0.05) is 36.3 Å². The molecule has 2 N–H and O–H groups in total. The average molecular weight is 390 g/mol. The first-order valence-corrected chi connectivity index (χ1v) is 9.65. The SMILES string of the molecule is CCNC(=O)Nc1nc2cc(-c3cnc(C)nc3)cc(-c3ccccn3)c2s1. The van der Waals surface area contributed by atoms with Crippen LogP contribution in [0.1, 0.15) is 12.7 Å². The van der Waals surface area contributed by atoms with Crippen molar-refractivity contribution in [3.8, 4) is 22.4 Å². The molecule has 0 fully saturated rings. The molecule has 3 aromatic heterocycles. The van der Waals surface area contributed by atoms with Crippen molar-refractivity contribution in [2.24, 2.45) is 0 Å². The van der Waals surface area contributed by atoms with Crippen LogP contribution in [-0.4, -0.2) is 32.5 Å². The molecule has 1 aromatic carbocycles. The van der Waals surface area contributed by atoms with E-state index >= 15 is 0 Å². The van der Waals surface area contributed by atoms with Gasteiger partial charge in [0.05, 0.1) is 15.9 Å². The Morgan fingerprint density at radius 2 is 1.93 bits per heavy atom. The highest BCUT2D eigenvalue weighted by molar-refractivity contribution is 7.22. The Hall–Kier alpha value is -3.39. The fraction of sp³-hybridized carbons (Fsp3) is 0.150. The summed E-state index contributed by atoms with van der Waals surface area (Å²) >= 11 is 1.42. The quantitative estimate of drug-likeness (QED) is 0.543. The van der Waals surface area contributed by atoms with Crippen molar-refractivity contribution in [3.63, 3.8) is 0 Å². The molecule has 3 heterocycles. The molecule has 0 aliphatic rings. The van der Waals surface area contributed by atoms with E-state index in [9.17, 15) is 4.79 Å². The molecule has 4 rings (SSSR count). The summed E-state index contributed by atoms with van der Waals surface area (Å²) in [6, 6.07) is 9.56. The van der Waals surface area contributed by atoms with Crippen LogP contribution < -0.4 is 10.6 Å². The van der Waals surface area contributed by atoms with Crippen molar-refractivity contribution in [2.75, 3.05) is 11.9 Å². The summed E-state index contributed by atoms with van der Waals surface area (Å²) in [5, 5.41) is 6.04. The Morgan fingerprint density at radius 1 is 1.11 bits per heavy atom. The number of aryl methyl sites for hydroxylation is 1. The van der Waals surface area contributed by atoms with Gasteiger partial charge in [-0.15, -0.1) is 0 Å². The molecule has 0 bridgehead atoms. The van der Waals surface area contributed by atoms with Crippen molar-refractivity contribution in [2.45, 2.75) is 13.8 Å². The van der Waals surface area contributed by atoms with E-state index in [2.05, 4.69) is 36.6 Å². The fourth-order valence-corrected chi connectivity index (χ4v) is 3.77. The highest BCUT2D eigenvalue weighted by Crippen LogP contribution is 2.37. The number of nitrogens with one attached hydrogen (secondary N) is 2. The van der Waals surface area contributed by atoms with Gasteiger partial charge in [-0.2, -0.15) is 0 Å². The van der Waals surface area contributed by atoms with E-state index < -0.39 is 0 Å². The maximum Gasteiger partial charge on any atom is 0.321 e. The van der Waals surface area contributed by atoms with Crippen LogP contribution in [0.25, 0.3) is 32.6 Å². The number of pyridine rings is 1. The largest absolute Gasteiger partial charge is 0.338 e. The number of thiazole rings is 1. The van der Waals surface area contributed by atoms with Gasteiger partial charge in [-0.3, -0.25) is 10.3 Å². The number of rotatable bonds is 4. The molecule has 0 unspecified atom stereocenters. The molecule has 8 heteroatoms. The van der Waals surface area contributed by atoms with E-state index in [0.717, 1.165) is 38.4 Å². The summed E-state index contributed by atoms with van der Waals surface area (Å²) in [7, 11) is 0. The van der Waals surface area contributed by atoms with Gasteiger partial charge in [-0.25, -0.2) is 19.7 Å². The van der Waals surface area contributed by atoms with E-state index in [4.69, 9.17) is 0 Å². The van der Waals surface area contributed by atoms with Crippen molar-refractivity contribution < 1.29 is 4.79 Å². The van der Waals surface area contributed by atoms with E-state index in [0.29, 0.717) is 11.7 Å². The Morgan fingerprint density at radius 3 is 2.64 bits per heavy atom. The predicted octanol–water partition coefficient (Wildman–Crippen LogP) is 4.27. The summed E-state index contributed by atoms with van der Waals surface area (Å²) in [6.07, 6.45) is 5.36. The van der Waals surface area contributed by atoms with Gasteiger partial charge < -0.3 is 5.32 Å². The van der Waals surface area contributed by atoms with Crippen molar-refractivity contribution in [1.82, 2.24) is 25.3 Å². The van der Waals surface area contributed by atoms with Gasteiger partial charge in [-0.05, 0) is 43.7 Å². The first-order chi connectivity index (χ1) is 13.6. The predicted molar refractivity (Wildman–Crippen MR) is 111 cm³/mol. The minimum absolute atomic E-state index is 0.270. The number of anilines is 1. The maximum atomic E-state index is 11.9. The number of amides is 2. The summed E-state index contributed by atoms with van der Waals surface area (Å²) in [5.41, 5.74) is 4.43. The lowest BCUT2D eigenvalue weighted by Crippen LogP contribution is -2.28. The number of urea groups is 1. The van der Waals surface area contributed by atoms with Crippen LogP contribution in [0.2, 0.25) is 0 Å². The number of aromatic nitrogens is 4. The lowest BCUT2D eigenvalue weighted by Gasteiger charge is -2.07. The molecule has 0 aliphatic heterocycles. The van der Waals surface area contributed by atoms with Crippen molar-refractivity contribution in [3.05, 3.63) is 54.7 Å². The molecule has 0 saturated heterocycles. The first kappa shape index (κ1) is 18.0. The lowest BCUT2D eigenvalue weighted by atomic mass is 10.0. The molecular formula is C20H18N6OS. The molecule has 2 amide bonds. The Bertz CT molecular complexity index is 1120. The van der Waals surface area contributed by atoms with E-state index in [1.807, 2.05) is 38.1 Å². The first-order valence-electron chi connectivity index (χ1n) is 8.84. The second kappa shape index (κ2) is 7.69. The van der Waals surface area contributed by atoms with Crippen LogP contribution in [0.5, 0.6) is 0 Å². The monoisotopic (exact) mass is 390 g/mol. The molecule has 28 heavy (non-hydrogen) atoms. The van der Waals surface area contributed by atoms with Crippen LogP contribution in [0.3, 0.4) is 0 Å². The topological polar surface area (TPSA) is 92.7 Å². The minimum atomic E-state index is -0.270. The zero-order valence-corrected chi connectivity index (χ0v) is 16.2. The standard InChI is InChI=1S/C20H18N6OS/c1-3-21-19(27)26-20-25-17-9-13(14-10-23-12(2)24-11-14)8-15(18(17)28-20)16-6-4-5-7-22-16/h4-11H,3H2,1-2H3,(H2,21,25,26,27). The second-order valence-corrected chi connectivity index (χ2v) is 7.11. The van der Waals surface area contributed by atoms with Crippen molar-refractivity contribution in [1.29, 1.82) is 0 Å². The van der Waals surface area contributed by atoms with E-state index in [-0.39, 0.29) is 6.03 Å². The highest BCUT2D eigenvalue weighted by Gasteiger charge is 2.15. The maximum absolute atomic E-state index is 11.9. The molecule has 0 aliphatic carbocycles. The van der Waals surface area contributed by atoms with Crippen LogP contribution in [0.15, 0.2) is 48.9 Å². The fourth-order valence-electron chi connectivity index (χ4n) is 2.81. The zero-order valence-electron chi connectivity index (χ0n) is 15.4. The molecule has 0 saturated carbocycles. The number of nitrogens with zero attached hydrogens (tertiary/aromatic N) is 4. The highest BCUT2D eigenvalue weighted by atomic mass is 32.1. The van der Waals surface area contributed by atoms with Gasteiger partial charge in [0.25, 0.3) is 0 Å². The molecule has 0 radical (unpaired) electrons. The number of carbonyl (C=O) groups excluding carboxylic acids is 1. The second-order valence-electron chi connectivity index (χ2n) is 6.11. The minimum Gasteiger partial charge on any atom is -0.338 e. The summed E-state index contributed by atoms with van der Waals surface area (Å²) < 4.78 is 0.960. The average Bonchev–Trinajstić information content (AvgIpc) is 3.10. The molecule has 7 nitrogen and oxygen atoms in total. The number of fused-ring (bicyclic) bond motifs is 1. The van der Waals surface area contributed by atoms with E-state index in [1.165, 1.54) is 11.3 Å². The lowest BCUT2D eigenvalue weighted by molar-refractivity contribution is 0.252. The van der Waals surface area contributed by atoms with Crippen LogP contribution in [-0.2, 0) is 0 Å². The van der Waals surface area contributed by atoms with Gasteiger partial charge in [0.15, 0.2) is 5.13 Å². The molecule has 4 aromatic rings. The normalized spacial score (nSPS) is 10.8. The van der Waals surface area contributed by atoms with Gasteiger partial charge in [0.1, 0.15) is 5.82 Å². The smallest absolute Gasteiger partial charge is 0.321 e. The summed E-state index contributed by atoms with van der Waals surface area (Å²) in [4.78, 5) is 29.6. The van der Waals surface area contributed by atoms with Crippen molar-refractivity contribution >= 4 is 32.7 Å². The molecule has 140 valence electrons. The van der Waals surface area contributed by atoms with Gasteiger partial charge in [0.2, 0.25) is 0 Å². The van der Waals surface area contributed by atoms with Crippen LogP contribution >= 0.6 is 11.3 Å². The van der Waals surface area contributed by atoms with Gasteiger partial charge >= 0.3 is 6.03 Å². The van der Waals surface area contributed by atoms with E-state index in [1.54, 1.807) is 18.6 Å². The van der Waals surface area contributed by atoms with Gasteiger partial charge in [-0.1, -0.05) is 17.4 Å². The Balaban J connectivity index is 1.86. The van der Waals surface area contributed by atoms with Crippen LogP contribution in [0, 0.1) is 6.92 Å². The molecule has 0 atom stereocenters. The number of hydrogen-bond acceptors (Lipinski definition) is 6. The third kappa shape index (κ3) is 3.67. The molecule has 0 spiro atoms. The third-order valence-electron chi connectivity index (χ3n) is 4.10. The third-order valence-corrected chi connectivity index (χ3v) is 5.12. The number of hydrogen-bond donors (Lipinski definition) is 2. The Labute approximate surface area is 165 Å². The summed E-state index contributed by atoms with van der Waals surface area (Å²) in [6.45, 7) is 4.27.